The Labute approximate surface area is 89.2 Å². The predicted octanol–water partition coefficient (Wildman–Crippen LogP) is 2.08. The molecule has 1 nitrogen and oxygen atoms in total. The molecule has 82 valence electrons. The number of hydrogen-bond donors (Lipinski definition) is 1. The second-order valence-electron chi connectivity index (χ2n) is 4.76. The topological polar surface area (TPSA) is 20.2 Å². The first-order chi connectivity index (χ1) is 6.75. The van der Waals surface area contributed by atoms with Crippen LogP contribution in [0.2, 0.25) is 6.82 Å². The number of rotatable bonds is 1. The summed E-state index contributed by atoms with van der Waals surface area (Å²) in [5.41, 5.74) is -0.118. The molecule has 1 aromatic carbocycles. The van der Waals surface area contributed by atoms with E-state index in [1.165, 1.54) is 19.0 Å². The molecule has 15 heavy (non-hydrogen) atoms. The Bertz CT molecular complexity index is 370. The molecule has 0 saturated carbocycles. The SMILES string of the molecule is CB(O)c1ccc(C(C)(C)C)c(F)c1F. The minimum atomic E-state index is -0.992. The van der Waals surface area contributed by atoms with Crippen molar-refractivity contribution in [2.45, 2.75) is 33.0 Å². The maximum atomic E-state index is 13.6. The van der Waals surface area contributed by atoms with Gasteiger partial charge in [-0.05, 0) is 16.4 Å². The monoisotopic (exact) mass is 212 g/mol. The van der Waals surface area contributed by atoms with Crippen molar-refractivity contribution in [1.82, 2.24) is 0 Å². The molecule has 0 amide bonds. The van der Waals surface area contributed by atoms with Crippen molar-refractivity contribution in [2.75, 3.05) is 0 Å². The van der Waals surface area contributed by atoms with Crippen molar-refractivity contribution in [3.8, 4) is 0 Å². The quantitative estimate of drug-likeness (QED) is 0.706. The Balaban J connectivity index is 3.34. The maximum absolute atomic E-state index is 13.6. The summed E-state index contributed by atoms with van der Waals surface area (Å²) in [5.74, 6) is -1.81. The minimum Gasteiger partial charge on any atom is -0.446 e. The molecule has 0 saturated heterocycles. The summed E-state index contributed by atoms with van der Waals surface area (Å²) in [6, 6.07) is 2.96. The molecule has 1 aromatic rings. The van der Waals surface area contributed by atoms with Gasteiger partial charge in [-0.2, -0.15) is 0 Å². The molecule has 0 radical (unpaired) electrons. The summed E-state index contributed by atoms with van der Waals surface area (Å²) in [6.07, 6.45) is 0. The zero-order valence-corrected chi connectivity index (χ0v) is 9.44. The van der Waals surface area contributed by atoms with Crippen LogP contribution in [0.25, 0.3) is 0 Å². The zero-order valence-electron chi connectivity index (χ0n) is 9.44. The van der Waals surface area contributed by atoms with Gasteiger partial charge in [-0.15, -0.1) is 0 Å². The van der Waals surface area contributed by atoms with Gasteiger partial charge in [0.15, 0.2) is 11.6 Å². The summed E-state index contributed by atoms with van der Waals surface area (Å²) in [5, 5.41) is 9.22. The van der Waals surface area contributed by atoms with Gasteiger partial charge < -0.3 is 5.02 Å². The molecule has 0 aliphatic rings. The molecule has 4 heteroatoms. The summed E-state index contributed by atoms with van der Waals surface area (Å²) < 4.78 is 27.1. The van der Waals surface area contributed by atoms with E-state index in [0.717, 1.165) is 0 Å². The lowest BCUT2D eigenvalue weighted by atomic mass is 9.63. The summed E-state index contributed by atoms with van der Waals surface area (Å²) in [6.45, 7) is 5.86. The van der Waals surface area contributed by atoms with Crippen LogP contribution < -0.4 is 5.46 Å². The van der Waals surface area contributed by atoms with Crippen LogP contribution in [-0.2, 0) is 5.41 Å². The average Bonchev–Trinajstić information content (AvgIpc) is 2.06. The van der Waals surface area contributed by atoms with Crippen LogP contribution in [0.1, 0.15) is 26.3 Å². The van der Waals surface area contributed by atoms with Crippen molar-refractivity contribution in [3.63, 3.8) is 0 Å². The second-order valence-corrected chi connectivity index (χ2v) is 4.76. The smallest absolute Gasteiger partial charge is 0.323 e. The molecule has 0 atom stereocenters. The Kier molecular flexibility index (Phi) is 3.19. The van der Waals surface area contributed by atoms with Crippen LogP contribution in [0, 0.1) is 11.6 Å². The summed E-state index contributed by atoms with van der Waals surface area (Å²) in [7, 11) is 0. The predicted molar refractivity (Wildman–Crippen MR) is 58.5 cm³/mol. The fourth-order valence-electron chi connectivity index (χ4n) is 1.47. The lowest BCUT2D eigenvalue weighted by Crippen LogP contribution is -2.32. The Morgan fingerprint density at radius 3 is 2.07 bits per heavy atom. The highest BCUT2D eigenvalue weighted by molar-refractivity contribution is 6.64. The zero-order chi connectivity index (χ0) is 11.8. The number of hydrogen-bond acceptors (Lipinski definition) is 1. The van der Waals surface area contributed by atoms with Crippen molar-refractivity contribution in [2.24, 2.45) is 0 Å². The van der Waals surface area contributed by atoms with Crippen LogP contribution in [0.3, 0.4) is 0 Å². The van der Waals surface area contributed by atoms with Gasteiger partial charge in [0, 0.05) is 0 Å². The Morgan fingerprint density at radius 1 is 1.13 bits per heavy atom. The van der Waals surface area contributed by atoms with Gasteiger partial charge in [-0.1, -0.05) is 39.7 Å². The van der Waals surface area contributed by atoms with Crippen LogP contribution in [-0.4, -0.2) is 11.9 Å². The van der Waals surface area contributed by atoms with E-state index >= 15 is 0 Å². The summed E-state index contributed by atoms with van der Waals surface area (Å²) >= 11 is 0. The van der Waals surface area contributed by atoms with Crippen molar-refractivity contribution < 1.29 is 13.8 Å². The number of benzene rings is 1. The van der Waals surface area contributed by atoms with Crippen LogP contribution in [0.4, 0.5) is 8.78 Å². The first-order valence-electron chi connectivity index (χ1n) is 4.91. The summed E-state index contributed by atoms with van der Waals surface area (Å²) in [4.78, 5) is 0. The molecule has 0 aromatic heterocycles. The highest BCUT2D eigenvalue weighted by atomic mass is 19.2. The van der Waals surface area contributed by atoms with Crippen molar-refractivity contribution in [3.05, 3.63) is 29.3 Å². The van der Waals surface area contributed by atoms with Gasteiger partial charge in [0.2, 0.25) is 0 Å². The van der Waals surface area contributed by atoms with Crippen LogP contribution in [0.5, 0.6) is 0 Å². The van der Waals surface area contributed by atoms with E-state index < -0.39 is 24.0 Å². The third-order valence-electron chi connectivity index (χ3n) is 2.37. The molecule has 0 bridgehead atoms. The highest BCUT2D eigenvalue weighted by Gasteiger charge is 2.24. The van der Waals surface area contributed by atoms with Crippen molar-refractivity contribution >= 4 is 12.4 Å². The van der Waals surface area contributed by atoms with Crippen LogP contribution in [0.15, 0.2) is 12.1 Å². The molecule has 0 aliphatic heterocycles. The number of halogens is 2. The molecule has 0 unspecified atom stereocenters. The van der Waals surface area contributed by atoms with E-state index in [2.05, 4.69) is 0 Å². The van der Waals surface area contributed by atoms with Gasteiger partial charge in [-0.25, -0.2) is 8.78 Å². The standard InChI is InChI=1S/C11H15BF2O/c1-11(2,3)7-5-6-8(12(4)15)10(14)9(7)13/h5-6,15H,1-4H3. The van der Waals surface area contributed by atoms with E-state index in [4.69, 9.17) is 0 Å². The lowest BCUT2D eigenvalue weighted by Gasteiger charge is -2.21. The molecular weight excluding hydrogens is 197 g/mol. The second kappa shape index (κ2) is 3.93. The molecule has 0 spiro atoms. The third kappa shape index (κ3) is 2.37. The molecular formula is C11H15BF2O. The highest BCUT2D eigenvalue weighted by Crippen LogP contribution is 2.25. The van der Waals surface area contributed by atoms with Gasteiger partial charge >= 0.3 is 6.92 Å². The van der Waals surface area contributed by atoms with E-state index in [9.17, 15) is 13.8 Å². The van der Waals surface area contributed by atoms with E-state index in [1.54, 1.807) is 0 Å². The Hall–Kier alpha value is -0.895. The average molecular weight is 212 g/mol. The fraction of sp³-hybridized carbons (Fsp3) is 0.455. The Morgan fingerprint density at radius 2 is 1.67 bits per heavy atom. The first kappa shape index (κ1) is 12.2. The van der Waals surface area contributed by atoms with Crippen LogP contribution >= 0.6 is 0 Å². The molecule has 1 rings (SSSR count). The largest absolute Gasteiger partial charge is 0.446 e. The minimum absolute atomic E-state index is 0.000463. The molecule has 1 N–H and O–H groups in total. The lowest BCUT2D eigenvalue weighted by molar-refractivity contribution is 0.466. The molecule has 0 fully saturated rings. The van der Waals surface area contributed by atoms with E-state index in [1.807, 2.05) is 20.8 Å². The van der Waals surface area contributed by atoms with Gasteiger partial charge in [0.05, 0.1) is 0 Å². The molecule has 0 aliphatic carbocycles. The fourth-order valence-corrected chi connectivity index (χ4v) is 1.47. The third-order valence-corrected chi connectivity index (χ3v) is 2.37. The van der Waals surface area contributed by atoms with Crippen molar-refractivity contribution in [1.29, 1.82) is 0 Å². The van der Waals surface area contributed by atoms with Gasteiger partial charge in [-0.3, -0.25) is 0 Å². The normalized spacial score (nSPS) is 11.7. The first-order valence-corrected chi connectivity index (χ1v) is 4.91. The van der Waals surface area contributed by atoms with E-state index in [0.29, 0.717) is 5.56 Å². The molecule has 0 heterocycles. The van der Waals surface area contributed by atoms with Gasteiger partial charge in [0.25, 0.3) is 0 Å². The van der Waals surface area contributed by atoms with Gasteiger partial charge in [0.1, 0.15) is 0 Å². The maximum Gasteiger partial charge on any atom is 0.323 e. The van der Waals surface area contributed by atoms with E-state index in [-0.39, 0.29) is 5.46 Å².